The summed E-state index contributed by atoms with van der Waals surface area (Å²) in [5.74, 6) is 0. The van der Waals surface area contributed by atoms with E-state index in [9.17, 15) is 0 Å². The smallest absolute Gasteiger partial charge is 0.185 e. The Kier molecular flexibility index (Phi) is 2.67. The summed E-state index contributed by atoms with van der Waals surface area (Å²) in [5, 5.41) is 0. The van der Waals surface area contributed by atoms with Crippen LogP contribution in [0.2, 0.25) is 0 Å². The zero-order chi connectivity index (χ0) is 13.8. The Hall–Kier alpha value is -1.12. The Balaban J connectivity index is 1.99. The van der Waals surface area contributed by atoms with Gasteiger partial charge < -0.3 is 9.47 Å². The van der Waals surface area contributed by atoms with Gasteiger partial charge >= 0.3 is 0 Å². The Morgan fingerprint density at radius 3 is 2.32 bits per heavy atom. The third-order valence-corrected chi connectivity index (χ3v) is 4.76. The standard InChI is InChI=1S/C17H22O2/c1-11-9-10-13-12(11)7-6-8-14(13)15-18-16(2,3)17(4,5)19-15/h6-9,15H,10H2,1-5H3. The van der Waals surface area contributed by atoms with Crippen LogP contribution < -0.4 is 0 Å². The molecule has 1 aromatic carbocycles. The van der Waals surface area contributed by atoms with Gasteiger partial charge in [-0.2, -0.15) is 0 Å². The predicted molar refractivity (Wildman–Crippen MR) is 76.9 cm³/mol. The molecule has 19 heavy (non-hydrogen) atoms. The number of hydrogen-bond donors (Lipinski definition) is 0. The highest BCUT2D eigenvalue weighted by atomic mass is 16.7. The molecule has 2 aliphatic rings. The summed E-state index contributed by atoms with van der Waals surface area (Å²) in [6, 6.07) is 6.41. The van der Waals surface area contributed by atoms with Gasteiger partial charge in [0, 0.05) is 5.56 Å². The van der Waals surface area contributed by atoms with Gasteiger partial charge in [0.25, 0.3) is 0 Å². The van der Waals surface area contributed by atoms with Crippen LogP contribution in [0.15, 0.2) is 24.3 Å². The number of rotatable bonds is 1. The molecule has 0 radical (unpaired) electrons. The second-order valence-corrected chi connectivity index (χ2v) is 6.55. The Bertz CT molecular complexity index is 536. The Labute approximate surface area is 115 Å². The minimum absolute atomic E-state index is 0.251. The van der Waals surface area contributed by atoms with Crippen molar-refractivity contribution < 1.29 is 9.47 Å². The van der Waals surface area contributed by atoms with Crippen molar-refractivity contribution in [3.8, 4) is 0 Å². The van der Waals surface area contributed by atoms with Crippen molar-refractivity contribution in [3.05, 3.63) is 41.0 Å². The quantitative estimate of drug-likeness (QED) is 0.749. The van der Waals surface area contributed by atoms with E-state index < -0.39 is 0 Å². The van der Waals surface area contributed by atoms with Crippen LogP contribution in [-0.2, 0) is 15.9 Å². The summed E-state index contributed by atoms with van der Waals surface area (Å²) in [7, 11) is 0. The van der Waals surface area contributed by atoms with Crippen LogP contribution in [0.5, 0.6) is 0 Å². The maximum Gasteiger partial charge on any atom is 0.185 e. The fraction of sp³-hybridized carbons (Fsp3) is 0.529. The maximum absolute atomic E-state index is 6.17. The van der Waals surface area contributed by atoms with Crippen molar-refractivity contribution in [1.82, 2.24) is 0 Å². The fourth-order valence-corrected chi connectivity index (χ4v) is 2.76. The van der Waals surface area contributed by atoms with Crippen LogP contribution in [0, 0.1) is 0 Å². The van der Waals surface area contributed by atoms with E-state index in [0.717, 1.165) is 6.42 Å². The van der Waals surface area contributed by atoms with E-state index in [1.54, 1.807) is 0 Å². The first-order chi connectivity index (χ1) is 8.82. The van der Waals surface area contributed by atoms with Gasteiger partial charge in [0.05, 0.1) is 11.2 Å². The Morgan fingerprint density at radius 1 is 1.05 bits per heavy atom. The van der Waals surface area contributed by atoms with Gasteiger partial charge in [0.1, 0.15) is 0 Å². The van der Waals surface area contributed by atoms with Gasteiger partial charge in [0.2, 0.25) is 0 Å². The molecular weight excluding hydrogens is 236 g/mol. The summed E-state index contributed by atoms with van der Waals surface area (Å²) >= 11 is 0. The predicted octanol–water partition coefficient (Wildman–Crippen LogP) is 4.25. The number of hydrogen-bond acceptors (Lipinski definition) is 2. The van der Waals surface area contributed by atoms with Crippen molar-refractivity contribution in [1.29, 1.82) is 0 Å². The number of benzene rings is 1. The molecule has 2 heteroatoms. The van der Waals surface area contributed by atoms with Gasteiger partial charge in [-0.15, -0.1) is 0 Å². The Morgan fingerprint density at radius 2 is 1.68 bits per heavy atom. The molecule has 1 aromatic rings. The molecule has 102 valence electrons. The van der Waals surface area contributed by atoms with E-state index in [0.29, 0.717) is 0 Å². The lowest BCUT2D eigenvalue weighted by Crippen LogP contribution is -2.41. The van der Waals surface area contributed by atoms with E-state index in [4.69, 9.17) is 9.47 Å². The van der Waals surface area contributed by atoms with Gasteiger partial charge in [-0.3, -0.25) is 0 Å². The molecule has 0 atom stereocenters. The third kappa shape index (κ3) is 1.86. The zero-order valence-electron chi connectivity index (χ0n) is 12.4. The monoisotopic (exact) mass is 258 g/mol. The van der Waals surface area contributed by atoms with Crippen molar-refractivity contribution >= 4 is 5.57 Å². The molecule has 1 aliphatic carbocycles. The van der Waals surface area contributed by atoms with Crippen molar-refractivity contribution in [2.45, 2.75) is 58.5 Å². The molecule has 0 saturated carbocycles. The average Bonchev–Trinajstić information content (AvgIpc) is 2.78. The molecule has 3 rings (SSSR count). The highest BCUT2D eigenvalue weighted by Gasteiger charge is 2.50. The molecule has 1 aliphatic heterocycles. The summed E-state index contributed by atoms with van der Waals surface area (Å²) in [6.45, 7) is 10.6. The van der Waals surface area contributed by atoms with Crippen LogP contribution in [0.1, 0.15) is 57.6 Å². The lowest BCUT2D eigenvalue weighted by molar-refractivity contribution is -0.0899. The largest absolute Gasteiger partial charge is 0.339 e. The zero-order valence-corrected chi connectivity index (χ0v) is 12.4. The second-order valence-electron chi connectivity index (χ2n) is 6.55. The van der Waals surface area contributed by atoms with Crippen molar-refractivity contribution in [2.75, 3.05) is 0 Å². The van der Waals surface area contributed by atoms with Gasteiger partial charge in [-0.05, 0) is 57.7 Å². The van der Waals surface area contributed by atoms with Crippen LogP contribution in [0.3, 0.4) is 0 Å². The molecule has 0 bridgehead atoms. The lowest BCUT2D eigenvalue weighted by Gasteiger charge is -2.30. The van der Waals surface area contributed by atoms with Crippen molar-refractivity contribution in [3.63, 3.8) is 0 Å². The number of allylic oxidation sites excluding steroid dienone is 2. The second kappa shape index (κ2) is 3.94. The van der Waals surface area contributed by atoms with Gasteiger partial charge in [0.15, 0.2) is 6.29 Å². The topological polar surface area (TPSA) is 18.5 Å². The first kappa shape index (κ1) is 12.9. The van der Waals surface area contributed by atoms with E-state index in [1.807, 2.05) is 0 Å². The highest BCUT2D eigenvalue weighted by Crippen LogP contribution is 2.46. The van der Waals surface area contributed by atoms with Crippen molar-refractivity contribution in [2.24, 2.45) is 0 Å². The summed E-state index contributed by atoms with van der Waals surface area (Å²) in [5.41, 5.74) is 4.69. The molecule has 1 fully saturated rings. The molecule has 0 unspecified atom stereocenters. The van der Waals surface area contributed by atoms with E-state index in [-0.39, 0.29) is 17.5 Å². The lowest BCUT2D eigenvalue weighted by atomic mass is 9.90. The molecule has 0 N–H and O–H groups in total. The number of ether oxygens (including phenoxy) is 2. The van der Waals surface area contributed by atoms with Crippen LogP contribution >= 0.6 is 0 Å². The minimum atomic E-state index is -0.276. The molecule has 1 heterocycles. The fourth-order valence-electron chi connectivity index (χ4n) is 2.76. The normalized spacial score (nSPS) is 24.4. The van der Waals surface area contributed by atoms with E-state index in [2.05, 4.69) is 58.9 Å². The van der Waals surface area contributed by atoms with E-state index >= 15 is 0 Å². The molecule has 1 saturated heterocycles. The highest BCUT2D eigenvalue weighted by molar-refractivity contribution is 5.72. The summed E-state index contributed by atoms with van der Waals surface area (Å²) in [4.78, 5) is 0. The van der Waals surface area contributed by atoms with Crippen LogP contribution in [-0.4, -0.2) is 11.2 Å². The SMILES string of the molecule is CC1=CCc2c1cccc2C1OC(C)(C)C(C)(C)O1. The van der Waals surface area contributed by atoms with Gasteiger partial charge in [-0.1, -0.05) is 24.3 Å². The molecule has 0 aromatic heterocycles. The van der Waals surface area contributed by atoms with Crippen LogP contribution in [0.25, 0.3) is 5.57 Å². The molecule has 2 nitrogen and oxygen atoms in total. The molecule has 0 spiro atoms. The van der Waals surface area contributed by atoms with Gasteiger partial charge in [-0.25, -0.2) is 0 Å². The summed E-state index contributed by atoms with van der Waals surface area (Å²) < 4.78 is 12.3. The average molecular weight is 258 g/mol. The van der Waals surface area contributed by atoms with E-state index in [1.165, 1.54) is 22.3 Å². The molecular formula is C17H22O2. The first-order valence-electron chi connectivity index (χ1n) is 6.96. The first-order valence-corrected chi connectivity index (χ1v) is 6.96. The molecule has 0 amide bonds. The maximum atomic E-state index is 6.17. The third-order valence-electron chi connectivity index (χ3n) is 4.76. The minimum Gasteiger partial charge on any atom is -0.339 e. The number of fused-ring (bicyclic) bond motifs is 1. The summed E-state index contributed by atoms with van der Waals surface area (Å²) in [6.07, 6.45) is 3.01. The van der Waals surface area contributed by atoms with Crippen LogP contribution in [0.4, 0.5) is 0 Å².